The standard InChI is InChI=1S/C33H43BN2O6/c1-20(2)15-29(34-41-28-18-22-17-27(32(22,3)4)33(28,5)42-34)36-30(37)23(16-21-11-7-6-8-12-21)35-31(38)26-19-39-24-13-9-10-14-25(24)40-26/h6-14,20,22-23,26-29H,15-19H2,1-5H3,(H,35,38)(H,36,37)/t22-,23+,26?,27-,28-,29+,33+/m1/s1. The molecule has 0 radical (unpaired) electrons. The minimum Gasteiger partial charge on any atom is -0.485 e. The van der Waals surface area contributed by atoms with Gasteiger partial charge in [0.1, 0.15) is 12.6 Å². The Kier molecular flexibility index (Phi) is 7.77. The molecule has 2 heterocycles. The van der Waals surface area contributed by atoms with E-state index in [4.69, 9.17) is 18.8 Å². The summed E-state index contributed by atoms with van der Waals surface area (Å²) in [4.78, 5) is 27.4. The summed E-state index contributed by atoms with van der Waals surface area (Å²) in [7, 11) is -0.541. The Bertz CT molecular complexity index is 1300. The second kappa shape index (κ2) is 11.2. The summed E-state index contributed by atoms with van der Waals surface area (Å²) in [6, 6.07) is 16.1. The van der Waals surface area contributed by atoms with E-state index in [9.17, 15) is 9.59 Å². The Morgan fingerprint density at radius 1 is 0.976 bits per heavy atom. The highest BCUT2D eigenvalue weighted by molar-refractivity contribution is 6.48. The van der Waals surface area contributed by atoms with E-state index >= 15 is 0 Å². The van der Waals surface area contributed by atoms with E-state index in [1.165, 1.54) is 6.42 Å². The molecular formula is C33H43BN2O6. The normalized spacial score (nSPS) is 30.1. The second-order valence-electron chi connectivity index (χ2n) is 13.7. The summed E-state index contributed by atoms with van der Waals surface area (Å²) in [5.41, 5.74) is 0.810. The number of carbonyl (C=O) groups excluding carboxylic acids is 2. The fourth-order valence-corrected chi connectivity index (χ4v) is 7.57. The quantitative estimate of drug-likeness (QED) is 0.433. The average molecular weight is 575 g/mol. The number of rotatable bonds is 9. The topological polar surface area (TPSA) is 95.1 Å². The Hall–Kier alpha value is -3.04. The maximum atomic E-state index is 14.0. The third kappa shape index (κ3) is 5.42. The molecule has 2 amide bonds. The molecule has 42 heavy (non-hydrogen) atoms. The first-order valence-corrected chi connectivity index (χ1v) is 15.4. The van der Waals surface area contributed by atoms with Gasteiger partial charge in [-0.25, -0.2) is 0 Å². The molecule has 0 spiro atoms. The highest BCUT2D eigenvalue weighted by atomic mass is 16.7. The smallest absolute Gasteiger partial charge is 0.481 e. The monoisotopic (exact) mass is 574 g/mol. The molecular weight excluding hydrogens is 531 g/mol. The number of amides is 2. The number of ether oxygens (including phenoxy) is 2. The van der Waals surface area contributed by atoms with E-state index in [1.807, 2.05) is 42.5 Å². The second-order valence-corrected chi connectivity index (χ2v) is 13.7. The predicted octanol–water partition coefficient (Wildman–Crippen LogP) is 4.35. The molecule has 2 aromatic carbocycles. The van der Waals surface area contributed by atoms with Crippen molar-refractivity contribution in [1.29, 1.82) is 0 Å². The lowest BCUT2D eigenvalue weighted by Crippen LogP contribution is -2.65. The summed E-state index contributed by atoms with van der Waals surface area (Å²) in [6.45, 7) is 11.2. The molecule has 0 aromatic heterocycles. The lowest BCUT2D eigenvalue weighted by Gasteiger charge is -2.64. The fraction of sp³-hybridized carbons (Fsp3) is 0.576. The van der Waals surface area contributed by atoms with Crippen LogP contribution in [-0.4, -0.2) is 55.3 Å². The van der Waals surface area contributed by atoms with Crippen LogP contribution in [0, 0.1) is 23.2 Å². The Morgan fingerprint density at radius 2 is 1.69 bits per heavy atom. The maximum absolute atomic E-state index is 14.0. The molecule has 2 aromatic rings. The summed E-state index contributed by atoms with van der Waals surface area (Å²) in [6.07, 6.45) is 2.34. The molecule has 8 nitrogen and oxygen atoms in total. The lowest BCUT2D eigenvalue weighted by atomic mass is 9.43. The van der Waals surface area contributed by atoms with Crippen LogP contribution in [0.5, 0.6) is 11.5 Å². The highest BCUT2D eigenvalue weighted by Gasteiger charge is 2.68. The number of hydrogen-bond acceptors (Lipinski definition) is 6. The van der Waals surface area contributed by atoms with Crippen LogP contribution in [0.1, 0.15) is 59.4 Å². The molecule has 9 heteroatoms. The van der Waals surface area contributed by atoms with Crippen molar-refractivity contribution in [3.63, 3.8) is 0 Å². The van der Waals surface area contributed by atoms with Gasteiger partial charge in [-0.05, 0) is 67.1 Å². The first-order chi connectivity index (χ1) is 20.0. The number of para-hydroxylation sites is 2. The van der Waals surface area contributed by atoms with Crippen LogP contribution in [-0.2, 0) is 25.3 Å². The van der Waals surface area contributed by atoms with Crippen molar-refractivity contribution in [2.75, 3.05) is 6.61 Å². The minimum atomic E-state index is -0.864. The van der Waals surface area contributed by atoms with Gasteiger partial charge in [0.25, 0.3) is 5.91 Å². The molecule has 5 aliphatic rings. The van der Waals surface area contributed by atoms with Gasteiger partial charge in [0.05, 0.1) is 17.6 Å². The van der Waals surface area contributed by atoms with Crippen LogP contribution in [0.15, 0.2) is 54.6 Å². The van der Waals surface area contributed by atoms with Gasteiger partial charge in [0.15, 0.2) is 11.5 Å². The van der Waals surface area contributed by atoms with Crippen LogP contribution in [0.2, 0.25) is 0 Å². The van der Waals surface area contributed by atoms with Gasteiger partial charge in [-0.2, -0.15) is 0 Å². The van der Waals surface area contributed by atoms with E-state index in [-0.39, 0.29) is 35.6 Å². The van der Waals surface area contributed by atoms with Gasteiger partial charge >= 0.3 is 7.12 Å². The van der Waals surface area contributed by atoms with Gasteiger partial charge in [-0.3, -0.25) is 9.59 Å². The van der Waals surface area contributed by atoms with Crippen LogP contribution in [0.25, 0.3) is 0 Å². The van der Waals surface area contributed by atoms with Crippen molar-refractivity contribution in [1.82, 2.24) is 10.6 Å². The number of fused-ring (bicyclic) bond motifs is 1. The van der Waals surface area contributed by atoms with Gasteiger partial charge in [-0.1, -0.05) is 70.2 Å². The lowest BCUT2D eigenvalue weighted by molar-refractivity contribution is -0.199. The van der Waals surface area contributed by atoms with Crippen molar-refractivity contribution in [2.45, 2.75) is 90.1 Å². The molecule has 224 valence electrons. The number of nitrogens with one attached hydrogen (secondary N) is 2. The van der Waals surface area contributed by atoms with E-state index in [1.54, 1.807) is 12.1 Å². The summed E-state index contributed by atoms with van der Waals surface area (Å²) in [5.74, 6) is 1.47. The van der Waals surface area contributed by atoms with E-state index < -0.39 is 25.2 Å². The SMILES string of the molecule is CC(C)C[C@H](NC(=O)[C@H](Cc1ccccc1)NC(=O)C1COc2ccccc2O1)B1O[C@@H]2C[C@H]3C[C@H](C3(C)C)[C@]2(C)O1. The van der Waals surface area contributed by atoms with E-state index in [0.29, 0.717) is 42.1 Å². The molecule has 1 saturated heterocycles. The highest BCUT2D eigenvalue weighted by Crippen LogP contribution is 2.65. The molecule has 1 unspecified atom stereocenters. The Balaban J connectivity index is 1.18. The first kappa shape index (κ1) is 29.1. The third-order valence-corrected chi connectivity index (χ3v) is 10.1. The molecule has 7 atom stereocenters. The number of benzene rings is 2. The Labute approximate surface area is 249 Å². The fourth-order valence-electron chi connectivity index (χ4n) is 7.57. The van der Waals surface area contributed by atoms with Crippen LogP contribution < -0.4 is 20.1 Å². The summed E-state index contributed by atoms with van der Waals surface area (Å²) >= 11 is 0. The molecule has 2 N–H and O–H groups in total. The zero-order chi connectivity index (χ0) is 29.6. The van der Waals surface area contributed by atoms with E-state index in [2.05, 4.69) is 45.3 Å². The largest absolute Gasteiger partial charge is 0.485 e. The molecule has 7 rings (SSSR count). The zero-order valence-electron chi connectivity index (χ0n) is 25.3. The van der Waals surface area contributed by atoms with E-state index in [0.717, 1.165) is 12.0 Å². The Morgan fingerprint density at radius 3 is 2.40 bits per heavy atom. The van der Waals surface area contributed by atoms with Crippen LogP contribution >= 0.6 is 0 Å². The number of carbonyl (C=O) groups is 2. The molecule has 2 bridgehead atoms. The van der Waals surface area contributed by atoms with Gasteiger partial charge in [0.2, 0.25) is 12.0 Å². The van der Waals surface area contributed by atoms with Crippen molar-refractivity contribution in [3.8, 4) is 11.5 Å². The molecule has 3 aliphatic carbocycles. The van der Waals surface area contributed by atoms with Crippen LogP contribution in [0.4, 0.5) is 0 Å². The summed E-state index contributed by atoms with van der Waals surface area (Å²) < 4.78 is 25.0. The van der Waals surface area contributed by atoms with Gasteiger partial charge in [0, 0.05) is 6.42 Å². The average Bonchev–Trinajstić information content (AvgIpc) is 3.33. The molecule has 3 saturated carbocycles. The minimum absolute atomic E-state index is 0.0250. The number of hydrogen-bond donors (Lipinski definition) is 2. The predicted molar refractivity (Wildman–Crippen MR) is 160 cm³/mol. The third-order valence-electron chi connectivity index (χ3n) is 10.1. The van der Waals surface area contributed by atoms with Crippen molar-refractivity contribution in [2.24, 2.45) is 23.2 Å². The van der Waals surface area contributed by atoms with Crippen molar-refractivity contribution in [3.05, 3.63) is 60.2 Å². The van der Waals surface area contributed by atoms with Gasteiger partial charge in [-0.15, -0.1) is 0 Å². The van der Waals surface area contributed by atoms with Crippen LogP contribution in [0.3, 0.4) is 0 Å². The zero-order valence-corrected chi connectivity index (χ0v) is 25.3. The first-order valence-electron chi connectivity index (χ1n) is 15.4. The summed E-state index contributed by atoms with van der Waals surface area (Å²) in [5, 5.41) is 6.19. The van der Waals surface area contributed by atoms with Crippen molar-refractivity contribution < 1.29 is 28.4 Å². The molecule has 2 aliphatic heterocycles. The molecule has 4 fully saturated rings. The van der Waals surface area contributed by atoms with Crippen molar-refractivity contribution >= 4 is 18.9 Å². The maximum Gasteiger partial charge on any atom is 0.481 e. The van der Waals surface area contributed by atoms with Gasteiger partial charge < -0.3 is 29.4 Å².